The number of hydrogen-bond acceptors (Lipinski definition) is 7. The van der Waals surface area contributed by atoms with Crippen molar-refractivity contribution in [1.29, 1.82) is 0 Å². The van der Waals surface area contributed by atoms with Crippen LogP contribution in [-0.2, 0) is 22.6 Å². The number of nitrogen functional groups attached to an aromatic ring is 1. The SMILES string of the molecule is CCn1c(=O)c(C(=O)CN2CCC(C(=O)NCCCOC)CC2)c(N)n(Cc2ccccc2)c1=O. The average molecular weight is 486 g/mol. The number of likely N-dealkylation sites (tertiary alicyclic amines) is 1. The van der Waals surface area contributed by atoms with Crippen molar-refractivity contribution < 1.29 is 14.3 Å². The molecule has 0 spiro atoms. The molecule has 2 aromatic rings. The summed E-state index contributed by atoms with van der Waals surface area (Å²) >= 11 is 0. The van der Waals surface area contributed by atoms with E-state index >= 15 is 0 Å². The van der Waals surface area contributed by atoms with Gasteiger partial charge >= 0.3 is 5.69 Å². The smallest absolute Gasteiger partial charge is 0.332 e. The molecule has 0 radical (unpaired) electrons. The fraction of sp³-hybridized carbons (Fsp3) is 0.520. The van der Waals surface area contributed by atoms with Crippen molar-refractivity contribution in [3.63, 3.8) is 0 Å². The molecule has 1 aromatic carbocycles. The first kappa shape index (κ1) is 26.4. The van der Waals surface area contributed by atoms with Gasteiger partial charge in [0.2, 0.25) is 5.91 Å². The number of ether oxygens (including phenoxy) is 1. The second kappa shape index (κ2) is 12.5. The van der Waals surface area contributed by atoms with E-state index < -0.39 is 17.0 Å². The molecule has 0 aliphatic carbocycles. The molecule has 1 fully saturated rings. The van der Waals surface area contributed by atoms with Crippen LogP contribution in [0.3, 0.4) is 0 Å². The number of aromatic nitrogens is 2. The Morgan fingerprint density at radius 3 is 2.43 bits per heavy atom. The third-order valence-electron chi connectivity index (χ3n) is 6.40. The molecule has 1 saturated heterocycles. The molecule has 0 unspecified atom stereocenters. The van der Waals surface area contributed by atoms with E-state index in [1.54, 1.807) is 14.0 Å². The molecule has 190 valence electrons. The number of ketones is 1. The Bertz CT molecular complexity index is 1130. The van der Waals surface area contributed by atoms with Crippen LogP contribution in [0.4, 0.5) is 5.82 Å². The van der Waals surface area contributed by atoms with Gasteiger partial charge in [0.25, 0.3) is 5.56 Å². The van der Waals surface area contributed by atoms with Crippen LogP contribution in [0.15, 0.2) is 39.9 Å². The van der Waals surface area contributed by atoms with Gasteiger partial charge in [-0.2, -0.15) is 0 Å². The zero-order chi connectivity index (χ0) is 25.4. The number of Topliss-reactive ketones (excluding diaryl/α,β-unsaturated/α-hetero) is 1. The van der Waals surface area contributed by atoms with E-state index in [0.29, 0.717) is 39.1 Å². The molecule has 2 heterocycles. The van der Waals surface area contributed by atoms with Crippen LogP contribution in [0.2, 0.25) is 0 Å². The molecule has 10 nitrogen and oxygen atoms in total. The molecular formula is C25H35N5O5. The third kappa shape index (κ3) is 6.46. The van der Waals surface area contributed by atoms with E-state index in [1.165, 1.54) is 4.57 Å². The number of piperidine rings is 1. The van der Waals surface area contributed by atoms with E-state index in [1.807, 2.05) is 35.2 Å². The first-order valence-electron chi connectivity index (χ1n) is 12.1. The summed E-state index contributed by atoms with van der Waals surface area (Å²) in [6, 6.07) is 9.27. The first-order valence-corrected chi connectivity index (χ1v) is 12.1. The van der Waals surface area contributed by atoms with Crippen LogP contribution in [-0.4, -0.2) is 65.6 Å². The van der Waals surface area contributed by atoms with Crippen LogP contribution >= 0.6 is 0 Å². The summed E-state index contributed by atoms with van der Waals surface area (Å²) in [7, 11) is 1.63. The van der Waals surface area contributed by atoms with Gasteiger partial charge in [-0.3, -0.25) is 28.4 Å². The molecule has 1 aliphatic rings. The number of amides is 1. The Kier molecular flexibility index (Phi) is 9.39. The minimum atomic E-state index is -0.658. The molecule has 35 heavy (non-hydrogen) atoms. The highest BCUT2D eigenvalue weighted by atomic mass is 16.5. The lowest BCUT2D eigenvalue weighted by atomic mass is 9.95. The molecular weight excluding hydrogens is 450 g/mol. The van der Waals surface area contributed by atoms with Gasteiger partial charge in [-0.05, 0) is 44.8 Å². The maximum Gasteiger partial charge on any atom is 0.332 e. The fourth-order valence-electron chi connectivity index (χ4n) is 4.38. The predicted molar refractivity (Wildman–Crippen MR) is 134 cm³/mol. The van der Waals surface area contributed by atoms with Gasteiger partial charge < -0.3 is 15.8 Å². The zero-order valence-electron chi connectivity index (χ0n) is 20.5. The van der Waals surface area contributed by atoms with E-state index in [4.69, 9.17) is 10.5 Å². The molecule has 0 atom stereocenters. The Morgan fingerprint density at radius 2 is 1.80 bits per heavy atom. The number of anilines is 1. The molecule has 0 saturated carbocycles. The highest BCUT2D eigenvalue weighted by Gasteiger charge is 2.28. The summed E-state index contributed by atoms with van der Waals surface area (Å²) in [6.07, 6.45) is 2.02. The monoisotopic (exact) mass is 485 g/mol. The summed E-state index contributed by atoms with van der Waals surface area (Å²) in [4.78, 5) is 53.4. The number of rotatable bonds is 11. The lowest BCUT2D eigenvalue weighted by molar-refractivity contribution is -0.126. The third-order valence-corrected chi connectivity index (χ3v) is 6.40. The number of nitrogens with two attached hydrogens (primary N) is 1. The van der Waals surface area contributed by atoms with Crippen LogP contribution in [0, 0.1) is 5.92 Å². The fourth-order valence-corrected chi connectivity index (χ4v) is 4.38. The summed E-state index contributed by atoms with van der Waals surface area (Å²) in [5.41, 5.74) is 5.73. The lowest BCUT2D eigenvalue weighted by Gasteiger charge is -2.30. The summed E-state index contributed by atoms with van der Waals surface area (Å²) in [5, 5.41) is 2.93. The minimum Gasteiger partial charge on any atom is -0.385 e. The number of hydrogen-bond donors (Lipinski definition) is 2. The predicted octanol–water partition coefficient (Wildman–Crippen LogP) is 0.708. The second-order valence-corrected chi connectivity index (χ2v) is 8.77. The quantitative estimate of drug-likeness (QED) is 0.354. The van der Waals surface area contributed by atoms with E-state index in [0.717, 1.165) is 16.6 Å². The van der Waals surface area contributed by atoms with E-state index in [9.17, 15) is 19.2 Å². The average Bonchev–Trinajstić information content (AvgIpc) is 2.86. The number of nitrogens with one attached hydrogen (secondary N) is 1. The Morgan fingerprint density at radius 1 is 1.11 bits per heavy atom. The van der Waals surface area contributed by atoms with Gasteiger partial charge in [-0.1, -0.05) is 30.3 Å². The maximum atomic E-state index is 13.2. The second-order valence-electron chi connectivity index (χ2n) is 8.77. The van der Waals surface area contributed by atoms with Gasteiger partial charge in [0.1, 0.15) is 11.4 Å². The molecule has 1 aromatic heterocycles. The zero-order valence-corrected chi connectivity index (χ0v) is 20.5. The standard InChI is InChI=1S/C25H35N5O5/c1-3-29-24(33)21(22(26)30(25(29)34)16-18-8-5-4-6-9-18)20(31)17-28-13-10-19(11-14-28)23(32)27-12-7-15-35-2/h4-6,8-9,19H,3,7,10-17,26H2,1-2H3,(H,27,32). The van der Waals surface area contributed by atoms with E-state index in [-0.39, 0.29) is 42.8 Å². The molecule has 10 heteroatoms. The van der Waals surface area contributed by atoms with E-state index in [2.05, 4.69) is 5.32 Å². The number of nitrogens with zero attached hydrogens (tertiary/aromatic N) is 3. The Hall–Kier alpha value is -3.24. The number of methoxy groups -OCH3 is 1. The van der Waals surface area contributed by atoms with Crippen molar-refractivity contribution in [3.8, 4) is 0 Å². The summed E-state index contributed by atoms with van der Waals surface area (Å²) in [6.45, 7) is 4.30. The largest absolute Gasteiger partial charge is 0.385 e. The first-order chi connectivity index (χ1) is 16.9. The molecule has 0 bridgehead atoms. The highest BCUT2D eigenvalue weighted by molar-refractivity contribution is 6.01. The highest BCUT2D eigenvalue weighted by Crippen LogP contribution is 2.18. The molecule has 3 rings (SSSR count). The van der Waals surface area contributed by atoms with Crippen LogP contribution in [0.1, 0.15) is 42.1 Å². The van der Waals surface area contributed by atoms with Gasteiger partial charge in [0.05, 0.1) is 13.1 Å². The lowest BCUT2D eigenvalue weighted by Crippen LogP contribution is -2.46. The minimum absolute atomic E-state index is 0.00880. The molecule has 1 amide bonds. The Balaban J connectivity index is 1.71. The van der Waals surface area contributed by atoms with Crippen LogP contribution in [0.5, 0.6) is 0 Å². The van der Waals surface area contributed by atoms with Gasteiger partial charge in [-0.25, -0.2) is 4.79 Å². The van der Waals surface area contributed by atoms with Crippen molar-refractivity contribution >= 4 is 17.5 Å². The van der Waals surface area contributed by atoms with Crippen molar-refractivity contribution in [3.05, 3.63) is 62.3 Å². The summed E-state index contributed by atoms with van der Waals surface area (Å²) in [5.74, 6) is -0.600. The number of carbonyl (C=O) groups excluding carboxylic acids is 2. The van der Waals surface area contributed by atoms with Crippen LogP contribution in [0.25, 0.3) is 0 Å². The van der Waals surface area contributed by atoms with Crippen molar-refractivity contribution in [1.82, 2.24) is 19.4 Å². The van der Waals surface area contributed by atoms with Gasteiger partial charge in [0.15, 0.2) is 5.78 Å². The van der Waals surface area contributed by atoms with Gasteiger partial charge in [0, 0.05) is 32.7 Å². The Labute approximate surface area is 204 Å². The molecule has 1 aliphatic heterocycles. The maximum absolute atomic E-state index is 13.2. The van der Waals surface area contributed by atoms with Crippen LogP contribution < -0.4 is 22.3 Å². The number of carbonyl (C=O) groups is 2. The van der Waals surface area contributed by atoms with Crippen molar-refractivity contribution in [2.45, 2.75) is 39.3 Å². The topological polar surface area (TPSA) is 129 Å². The van der Waals surface area contributed by atoms with Crippen molar-refractivity contribution in [2.24, 2.45) is 5.92 Å². The summed E-state index contributed by atoms with van der Waals surface area (Å²) < 4.78 is 7.32. The van der Waals surface area contributed by atoms with Gasteiger partial charge in [-0.15, -0.1) is 0 Å². The van der Waals surface area contributed by atoms with Crippen molar-refractivity contribution in [2.75, 3.05) is 45.6 Å². The number of benzene rings is 1. The molecule has 3 N–H and O–H groups in total. The normalized spacial score (nSPS) is 14.7.